The van der Waals surface area contributed by atoms with E-state index in [4.69, 9.17) is 9.84 Å². The summed E-state index contributed by atoms with van der Waals surface area (Å²) < 4.78 is 5.46. The first-order valence-corrected chi connectivity index (χ1v) is 6.99. The third-order valence-electron chi connectivity index (χ3n) is 3.63. The molecule has 0 amide bonds. The van der Waals surface area contributed by atoms with Gasteiger partial charge < -0.3 is 15.2 Å². The fraction of sp³-hybridized carbons (Fsp3) is 0.400. The molecule has 1 saturated heterocycles. The number of aliphatic carboxylic acids is 1. The zero-order valence-electron chi connectivity index (χ0n) is 11.7. The minimum absolute atomic E-state index is 0.0984. The lowest BCUT2D eigenvalue weighted by Crippen LogP contribution is -2.25. The lowest BCUT2D eigenvalue weighted by atomic mass is 10.2. The number of para-hydroxylation sites is 2. The van der Waals surface area contributed by atoms with Gasteiger partial charge in [-0.25, -0.2) is 14.8 Å². The number of anilines is 1. The number of aryl methyl sites for hydroxylation is 1. The smallest absolute Gasteiger partial charge is 0.332 e. The number of benzene rings is 1. The molecule has 2 N–H and O–H groups in total. The zero-order valence-corrected chi connectivity index (χ0v) is 11.7. The molecule has 0 radical (unpaired) electrons. The molecule has 0 saturated carbocycles. The van der Waals surface area contributed by atoms with Crippen molar-refractivity contribution >= 4 is 22.8 Å². The van der Waals surface area contributed by atoms with Gasteiger partial charge in [-0.05, 0) is 31.9 Å². The Morgan fingerprint density at radius 2 is 2.05 bits per heavy atom. The molecule has 6 heteroatoms. The van der Waals surface area contributed by atoms with E-state index in [9.17, 15) is 4.79 Å². The van der Waals surface area contributed by atoms with Gasteiger partial charge in [-0.2, -0.15) is 0 Å². The number of nitrogens with one attached hydrogen (secondary N) is 1. The lowest BCUT2D eigenvalue weighted by Gasteiger charge is -2.14. The van der Waals surface area contributed by atoms with Crippen LogP contribution in [0.25, 0.3) is 11.0 Å². The van der Waals surface area contributed by atoms with Crippen LogP contribution in [0.5, 0.6) is 0 Å². The molecule has 2 atom stereocenters. The average molecular weight is 287 g/mol. The quantitative estimate of drug-likeness (QED) is 0.894. The van der Waals surface area contributed by atoms with Crippen molar-refractivity contribution in [3.63, 3.8) is 0 Å². The van der Waals surface area contributed by atoms with Gasteiger partial charge in [0, 0.05) is 6.54 Å². The predicted molar refractivity (Wildman–Crippen MR) is 78.3 cm³/mol. The first kappa shape index (κ1) is 13.8. The fourth-order valence-electron chi connectivity index (χ4n) is 2.50. The van der Waals surface area contributed by atoms with E-state index in [1.54, 1.807) is 0 Å². The lowest BCUT2D eigenvalue weighted by molar-refractivity contribution is -0.149. The Hall–Kier alpha value is -2.21. The van der Waals surface area contributed by atoms with Gasteiger partial charge in [0.2, 0.25) is 0 Å². The molecule has 1 aromatic heterocycles. The van der Waals surface area contributed by atoms with Gasteiger partial charge in [-0.1, -0.05) is 12.1 Å². The van der Waals surface area contributed by atoms with Crippen molar-refractivity contribution in [3.8, 4) is 0 Å². The number of hydrogen-bond donors (Lipinski definition) is 2. The average Bonchev–Trinajstić information content (AvgIpc) is 2.94. The molecule has 1 aromatic carbocycles. The van der Waals surface area contributed by atoms with Crippen LogP contribution < -0.4 is 5.32 Å². The summed E-state index contributed by atoms with van der Waals surface area (Å²) >= 11 is 0. The number of carboxylic acid groups (broad SMARTS) is 1. The Morgan fingerprint density at radius 3 is 2.71 bits per heavy atom. The third kappa shape index (κ3) is 2.95. The Morgan fingerprint density at radius 1 is 1.33 bits per heavy atom. The van der Waals surface area contributed by atoms with Crippen LogP contribution in [0.2, 0.25) is 0 Å². The Kier molecular flexibility index (Phi) is 3.70. The highest BCUT2D eigenvalue weighted by atomic mass is 16.5. The summed E-state index contributed by atoms with van der Waals surface area (Å²) in [4.78, 5) is 19.9. The van der Waals surface area contributed by atoms with E-state index in [-0.39, 0.29) is 6.10 Å². The van der Waals surface area contributed by atoms with Crippen LogP contribution in [0.4, 0.5) is 5.82 Å². The van der Waals surface area contributed by atoms with E-state index in [0.29, 0.717) is 13.0 Å². The molecule has 2 aromatic rings. The summed E-state index contributed by atoms with van der Waals surface area (Å²) in [5.41, 5.74) is 2.52. The molecule has 0 aliphatic carbocycles. The minimum Gasteiger partial charge on any atom is -0.479 e. The molecule has 6 nitrogen and oxygen atoms in total. The number of ether oxygens (including phenoxy) is 1. The predicted octanol–water partition coefficient (Wildman–Crippen LogP) is 1.98. The number of aromatic nitrogens is 2. The summed E-state index contributed by atoms with van der Waals surface area (Å²) in [6.45, 7) is 2.44. The highest BCUT2D eigenvalue weighted by Crippen LogP contribution is 2.21. The van der Waals surface area contributed by atoms with Gasteiger partial charge >= 0.3 is 5.97 Å². The van der Waals surface area contributed by atoms with Gasteiger partial charge in [0.25, 0.3) is 0 Å². The first-order chi connectivity index (χ1) is 10.1. The van der Waals surface area contributed by atoms with Gasteiger partial charge in [-0.15, -0.1) is 0 Å². The second-order valence-electron chi connectivity index (χ2n) is 5.19. The Balaban J connectivity index is 1.68. The van der Waals surface area contributed by atoms with Crippen molar-refractivity contribution < 1.29 is 14.6 Å². The second kappa shape index (κ2) is 5.65. The van der Waals surface area contributed by atoms with Gasteiger partial charge in [0.1, 0.15) is 5.82 Å². The number of fused-ring (bicyclic) bond motifs is 1. The van der Waals surface area contributed by atoms with E-state index in [0.717, 1.165) is 29.0 Å². The van der Waals surface area contributed by atoms with E-state index in [2.05, 4.69) is 15.3 Å². The molecule has 3 rings (SSSR count). The van der Waals surface area contributed by atoms with Crippen LogP contribution in [0.15, 0.2) is 24.3 Å². The van der Waals surface area contributed by atoms with Crippen molar-refractivity contribution in [2.24, 2.45) is 0 Å². The SMILES string of the molecule is Cc1nc2ccccc2nc1NCC1CCC(C(=O)O)O1. The molecular formula is C15H17N3O3. The van der Waals surface area contributed by atoms with E-state index in [1.165, 1.54) is 0 Å². The van der Waals surface area contributed by atoms with Crippen LogP contribution in [0.1, 0.15) is 18.5 Å². The summed E-state index contributed by atoms with van der Waals surface area (Å²) in [5.74, 6) is -0.171. The normalized spacial score (nSPS) is 21.6. The molecule has 21 heavy (non-hydrogen) atoms. The van der Waals surface area contributed by atoms with Crippen molar-refractivity contribution in [2.75, 3.05) is 11.9 Å². The van der Waals surface area contributed by atoms with E-state index >= 15 is 0 Å². The maximum atomic E-state index is 10.9. The molecule has 0 bridgehead atoms. The number of carbonyl (C=O) groups is 1. The highest BCUT2D eigenvalue weighted by molar-refractivity contribution is 5.76. The van der Waals surface area contributed by atoms with Crippen molar-refractivity contribution in [1.29, 1.82) is 0 Å². The fourth-order valence-corrected chi connectivity index (χ4v) is 2.50. The number of rotatable bonds is 4. The van der Waals surface area contributed by atoms with Crippen LogP contribution in [0.3, 0.4) is 0 Å². The molecule has 110 valence electrons. The van der Waals surface area contributed by atoms with Crippen molar-refractivity contribution in [2.45, 2.75) is 32.0 Å². The molecule has 0 spiro atoms. The highest BCUT2D eigenvalue weighted by Gasteiger charge is 2.30. The van der Waals surface area contributed by atoms with Crippen LogP contribution >= 0.6 is 0 Å². The topological polar surface area (TPSA) is 84.3 Å². The number of hydrogen-bond acceptors (Lipinski definition) is 5. The van der Waals surface area contributed by atoms with Crippen molar-refractivity contribution in [3.05, 3.63) is 30.0 Å². The maximum Gasteiger partial charge on any atom is 0.332 e. The molecule has 1 aliphatic rings. The van der Waals surface area contributed by atoms with Crippen LogP contribution in [-0.4, -0.2) is 39.8 Å². The van der Waals surface area contributed by atoms with Crippen LogP contribution in [-0.2, 0) is 9.53 Å². The molecule has 1 fully saturated rings. The number of nitrogens with zero attached hydrogens (tertiary/aromatic N) is 2. The Labute approximate surface area is 122 Å². The third-order valence-corrected chi connectivity index (χ3v) is 3.63. The summed E-state index contributed by atoms with van der Waals surface area (Å²) in [6.07, 6.45) is 0.521. The first-order valence-electron chi connectivity index (χ1n) is 6.99. The minimum atomic E-state index is -0.890. The van der Waals surface area contributed by atoms with Crippen LogP contribution in [0, 0.1) is 6.92 Å². The van der Waals surface area contributed by atoms with E-state index in [1.807, 2.05) is 31.2 Å². The standard InChI is InChI=1S/C15H17N3O3/c1-9-14(18-12-5-3-2-4-11(12)17-9)16-8-10-6-7-13(21-10)15(19)20/h2-5,10,13H,6-8H2,1H3,(H,16,18)(H,19,20). The summed E-state index contributed by atoms with van der Waals surface area (Å²) in [7, 11) is 0. The van der Waals surface area contributed by atoms with E-state index < -0.39 is 12.1 Å². The zero-order chi connectivity index (χ0) is 14.8. The second-order valence-corrected chi connectivity index (χ2v) is 5.19. The molecule has 2 heterocycles. The largest absolute Gasteiger partial charge is 0.479 e. The van der Waals surface area contributed by atoms with Gasteiger partial charge in [0.15, 0.2) is 6.10 Å². The molecule has 2 unspecified atom stereocenters. The van der Waals surface area contributed by atoms with Gasteiger partial charge in [0.05, 0.1) is 22.8 Å². The number of carboxylic acids is 1. The Bertz CT molecular complexity index is 674. The summed E-state index contributed by atoms with van der Waals surface area (Å²) in [6, 6.07) is 7.70. The van der Waals surface area contributed by atoms with Crippen molar-refractivity contribution in [1.82, 2.24) is 9.97 Å². The molecular weight excluding hydrogens is 270 g/mol. The summed E-state index contributed by atoms with van der Waals surface area (Å²) in [5, 5.41) is 12.1. The molecule has 1 aliphatic heterocycles. The van der Waals surface area contributed by atoms with Gasteiger partial charge in [-0.3, -0.25) is 0 Å². The monoisotopic (exact) mass is 287 g/mol. The maximum absolute atomic E-state index is 10.9.